The second-order valence-corrected chi connectivity index (χ2v) is 6.37. The van der Waals surface area contributed by atoms with Crippen LogP contribution in [-0.4, -0.2) is 25.5 Å². The van der Waals surface area contributed by atoms with Gasteiger partial charge in [0.2, 0.25) is 5.91 Å². The first-order chi connectivity index (χ1) is 10.2. The molecule has 0 saturated carbocycles. The lowest BCUT2D eigenvalue weighted by Crippen LogP contribution is -2.40. The van der Waals surface area contributed by atoms with Gasteiger partial charge in [0.15, 0.2) is 0 Å². The average Bonchev–Trinajstić information content (AvgIpc) is 2.98. The van der Waals surface area contributed by atoms with E-state index in [1.54, 1.807) is 6.07 Å². The van der Waals surface area contributed by atoms with E-state index < -0.39 is 17.2 Å². The summed E-state index contributed by atoms with van der Waals surface area (Å²) in [6.07, 6.45) is -3.55. The molecule has 1 aromatic carbocycles. The van der Waals surface area contributed by atoms with Gasteiger partial charge in [-0.1, -0.05) is 32.0 Å². The number of hydrogen-bond donors (Lipinski definition) is 2. The Morgan fingerprint density at radius 2 is 1.96 bits per heavy atom. The molecule has 0 spiro atoms. The highest BCUT2D eigenvalue weighted by molar-refractivity contribution is 5.85. The van der Waals surface area contributed by atoms with Gasteiger partial charge in [0.1, 0.15) is 0 Å². The molecule has 2 rings (SSSR count). The predicted octanol–water partition coefficient (Wildman–Crippen LogP) is 3.13. The molecular formula is C16H22ClF3N2O. The molecule has 1 aliphatic heterocycles. The summed E-state index contributed by atoms with van der Waals surface area (Å²) in [5.41, 5.74) is -0.667. The third-order valence-corrected chi connectivity index (χ3v) is 4.11. The van der Waals surface area contributed by atoms with Gasteiger partial charge in [-0.05, 0) is 24.6 Å². The standard InChI is InChI=1S/C16H21F3N2O.ClH/c1-15(2,10-21-14(22)11-6-7-20-9-11)12-4-3-5-13(8-12)16(17,18)19;/h3-5,8,11,20H,6-7,9-10H2,1-2H3,(H,21,22);1H. The molecule has 0 radical (unpaired) electrons. The van der Waals surface area contributed by atoms with Crippen LogP contribution < -0.4 is 10.6 Å². The number of hydrogen-bond acceptors (Lipinski definition) is 2. The molecule has 1 amide bonds. The number of carbonyl (C=O) groups excluding carboxylic acids is 1. The van der Waals surface area contributed by atoms with Crippen molar-refractivity contribution in [1.29, 1.82) is 0 Å². The molecule has 0 aliphatic carbocycles. The van der Waals surface area contributed by atoms with Crippen molar-refractivity contribution in [2.45, 2.75) is 31.9 Å². The quantitative estimate of drug-likeness (QED) is 0.876. The summed E-state index contributed by atoms with van der Waals surface area (Å²) >= 11 is 0. The number of amides is 1. The average molecular weight is 351 g/mol. The lowest BCUT2D eigenvalue weighted by Gasteiger charge is -2.27. The molecule has 1 saturated heterocycles. The van der Waals surface area contributed by atoms with Gasteiger partial charge in [0, 0.05) is 18.5 Å². The van der Waals surface area contributed by atoms with Gasteiger partial charge in [0.25, 0.3) is 0 Å². The van der Waals surface area contributed by atoms with Crippen LogP contribution in [0.5, 0.6) is 0 Å². The van der Waals surface area contributed by atoms with E-state index in [0.717, 1.165) is 25.1 Å². The molecule has 0 bridgehead atoms. The van der Waals surface area contributed by atoms with Crippen LogP contribution >= 0.6 is 12.4 Å². The van der Waals surface area contributed by atoms with Gasteiger partial charge in [0.05, 0.1) is 11.5 Å². The monoisotopic (exact) mass is 350 g/mol. The second-order valence-electron chi connectivity index (χ2n) is 6.37. The van der Waals surface area contributed by atoms with Crippen LogP contribution in [0.3, 0.4) is 0 Å². The summed E-state index contributed by atoms with van der Waals surface area (Å²) in [6.45, 7) is 5.46. The Balaban J connectivity index is 0.00000264. The zero-order valence-electron chi connectivity index (χ0n) is 13.2. The third-order valence-electron chi connectivity index (χ3n) is 4.11. The maximum absolute atomic E-state index is 12.8. The van der Waals surface area contributed by atoms with Crippen molar-refractivity contribution in [2.24, 2.45) is 5.92 Å². The molecule has 1 atom stereocenters. The van der Waals surface area contributed by atoms with Crippen LogP contribution in [0.1, 0.15) is 31.4 Å². The Morgan fingerprint density at radius 1 is 1.30 bits per heavy atom. The molecule has 0 aromatic heterocycles. The molecule has 3 nitrogen and oxygen atoms in total. The molecule has 7 heteroatoms. The number of benzene rings is 1. The first kappa shape index (κ1) is 19.8. The number of alkyl halides is 3. The van der Waals surface area contributed by atoms with E-state index in [2.05, 4.69) is 10.6 Å². The Bertz CT molecular complexity index is 540. The lowest BCUT2D eigenvalue weighted by atomic mass is 9.83. The molecular weight excluding hydrogens is 329 g/mol. The highest BCUT2D eigenvalue weighted by Gasteiger charge is 2.32. The lowest BCUT2D eigenvalue weighted by molar-refractivity contribution is -0.137. The largest absolute Gasteiger partial charge is 0.416 e. The highest BCUT2D eigenvalue weighted by Crippen LogP contribution is 2.32. The maximum Gasteiger partial charge on any atom is 0.416 e. The van der Waals surface area contributed by atoms with E-state index >= 15 is 0 Å². The maximum atomic E-state index is 12.8. The fourth-order valence-corrected chi connectivity index (χ4v) is 2.55. The predicted molar refractivity (Wildman–Crippen MR) is 85.7 cm³/mol. The van der Waals surface area contributed by atoms with Crippen LogP contribution in [0, 0.1) is 5.92 Å². The number of nitrogens with one attached hydrogen (secondary N) is 2. The normalized spacial score (nSPS) is 18.4. The minimum Gasteiger partial charge on any atom is -0.355 e. The Hall–Kier alpha value is -1.27. The number of halogens is 4. The fourth-order valence-electron chi connectivity index (χ4n) is 2.55. The van der Waals surface area contributed by atoms with E-state index in [1.807, 2.05) is 13.8 Å². The van der Waals surface area contributed by atoms with Crippen LogP contribution in [-0.2, 0) is 16.4 Å². The van der Waals surface area contributed by atoms with Crippen LogP contribution in [0.15, 0.2) is 24.3 Å². The first-order valence-corrected chi connectivity index (χ1v) is 7.36. The van der Waals surface area contributed by atoms with Crippen LogP contribution in [0.4, 0.5) is 13.2 Å². The summed E-state index contributed by atoms with van der Waals surface area (Å²) in [6, 6.07) is 5.28. The summed E-state index contributed by atoms with van der Waals surface area (Å²) in [4.78, 5) is 12.0. The molecule has 1 fully saturated rings. The molecule has 1 aliphatic rings. The number of carbonyl (C=O) groups is 1. The smallest absolute Gasteiger partial charge is 0.355 e. The van der Waals surface area contributed by atoms with Crippen molar-refractivity contribution in [3.8, 4) is 0 Å². The van der Waals surface area contributed by atoms with E-state index in [9.17, 15) is 18.0 Å². The zero-order valence-corrected chi connectivity index (χ0v) is 14.0. The summed E-state index contributed by atoms with van der Waals surface area (Å²) in [5, 5.41) is 5.98. The van der Waals surface area contributed by atoms with Gasteiger partial charge in [-0.25, -0.2) is 0 Å². The van der Waals surface area contributed by atoms with Crippen molar-refractivity contribution in [3.63, 3.8) is 0 Å². The van der Waals surface area contributed by atoms with Crippen molar-refractivity contribution < 1.29 is 18.0 Å². The first-order valence-electron chi connectivity index (χ1n) is 7.36. The Kier molecular flexibility index (Phi) is 6.48. The van der Waals surface area contributed by atoms with E-state index in [1.165, 1.54) is 6.07 Å². The topological polar surface area (TPSA) is 41.1 Å². The SMILES string of the molecule is CC(C)(CNC(=O)C1CCNC1)c1cccc(C(F)(F)F)c1.Cl. The summed E-state index contributed by atoms with van der Waals surface area (Å²) in [5.74, 6) is -0.0811. The second kappa shape index (κ2) is 7.53. The molecule has 1 unspecified atom stereocenters. The Labute approximate surface area is 140 Å². The van der Waals surface area contributed by atoms with Gasteiger partial charge in [-0.3, -0.25) is 4.79 Å². The molecule has 1 heterocycles. The van der Waals surface area contributed by atoms with E-state index in [4.69, 9.17) is 0 Å². The summed E-state index contributed by atoms with van der Waals surface area (Å²) in [7, 11) is 0. The van der Waals surface area contributed by atoms with Crippen LogP contribution in [0.2, 0.25) is 0 Å². The molecule has 2 N–H and O–H groups in total. The van der Waals surface area contributed by atoms with Gasteiger partial charge in [-0.15, -0.1) is 12.4 Å². The van der Waals surface area contributed by atoms with Crippen molar-refractivity contribution in [1.82, 2.24) is 10.6 Å². The van der Waals surface area contributed by atoms with Crippen molar-refractivity contribution in [3.05, 3.63) is 35.4 Å². The Morgan fingerprint density at radius 3 is 2.52 bits per heavy atom. The van der Waals surface area contributed by atoms with Crippen molar-refractivity contribution in [2.75, 3.05) is 19.6 Å². The molecule has 1 aromatic rings. The van der Waals surface area contributed by atoms with Crippen molar-refractivity contribution >= 4 is 18.3 Å². The molecule has 130 valence electrons. The van der Waals surface area contributed by atoms with E-state index in [-0.39, 0.29) is 24.2 Å². The van der Waals surface area contributed by atoms with Crippen LogP contribution in [0.25, 0.3) is 0 Å². The fraction of sp³-hybridized carbons (Fsp3) is 0.562. The van der Waals surface area contributed by atoms with Gasteiger partial charge >= 0.3 is 6.18 Å². The molecule has 23 heavy (non-hydrogen) atoms. The van der Waals surface area contributed by atoms with E-state index in [0.29, 0.717) is 18.7 Å². The van der Waals surface area contributed by atoms with Gasteiger partial charge < -0.3 is 10.6 Å². The minimum atomic E-state index is -4.36. The third kappa shape index (κ3) is 5.11. The number of rotatable bonds is 4. The summed E-state index contributed by atoms with van der Waals surface area (Å²) < 4.78 is 38.4. The minimum absolute atomic E-state index is 0. The highest BCUT2D eigenvalue weighted by atomic mass is 35.5. The zero-order chi connectivity index (χ0) is 16.4. The van der Waals surface area contributed by atoms with Gasteiger partial charge in [-0.2, -0.15) is 13.2 Å².